The molecule has 0 spiro atoms. The van der Waals surface area contributed by atoms with Crippen molar-refractivity contribution in [3.8, 4) is 0 Å². The fraction of sp³-hybridized carbons (Fsp3) is 0.238. The second-order valence-corrected chi connectivity index (χ2v) is 6.69. The van der Waals surface area contributed by atoms with Crippen LogP contribution < -0.4 is 15.1 Å². The van der Waals surface area contributed by atoms with Gasteiger partial charge >= 0.3 is 0 Å². The summed E-state index contributed by atoms with van der Waals surface area (Å²) in [5, 5.41) is 2.92. The molecule has 1 aliphatic heterocycles. The minimum absolute atomic E-state index is 0.231. The number of para-hydroxylation sites is 1. The first-order valence-electron chi connectivity index (χ1n) is 9.31. The molecule has 1 aromatic carbocycles. The van der Waals surface area contributed by atoms with Crippen LogP contribution in [0.3, 0.4) is 0 Å². The summed E-state index contributed by atoms with van der Waals surface area (Å²) in [5.74, 6) is 1.53. The van der Waals surface area contributed by atoms with Crippen LogP contribution in [0.5, 0.6) is 0 Å². The number of hydrogen-bond donors (Lipinski definition) is 1. The molecule has 0 saturated carbocycles. The number of amides is 1. The minimum atomic E-state index is -0.231. The molecule has 142 valence electrons. The van der Waals surface area contributed by atoms with Crippen LogP contribution in [-0.2, 0) is 0 Å². The Morgan fingerprint density at radius 1 is 0.893 bits per heavy atom. The number of aromatic nitrogens is 3. The molecule has 3 aromatic rings. The zero-order chi connectivity index (χ0) is 19.3. The summed E-state index contributed by atoms with van der Waals surface area (Å²) in [6, 6.07) is 15.4. The van der Waals surface area contributed by atoms with Crippen LogP contribution in [0.2, 0.25) is 0 Å². The lowest BCUT2D eigenvalue weighted by Crippen LogP contribution is -2.47. The number of carbonyl (C=O) groups excluding carboxylic acids is 1. The van der Waals surface area contributed by atoms with E-state index in [1.807, 2.05) is 55.6 Å². The molecule has 0 unspecified atom stereocenters. The standard InChI is InChI=1S/C21H22N6O/c1-16-6-2-3-7-17(16)25-21(28)18-14-20(24-15-23-18)27-12-10-26(11-13-27)19-8-4-5-9-22-19/h2-9,14-15H,10-13H2,1H3,(H,25,28). The predicted octanol–water partition coefficient (Wildman–Crippen LogP) is 2.76. The Balaban J connectivity index is 1.43. The molecule has 7 nitrogen and oxygen atoms in total. The lowest BCUT2D eigenvalue weighted by molar-refractivity contribution is 0.102. The van der Waals surface area contributed by atoms with Gasteiger partial charge in [0.1, 0.15) is 23.7 Å². The highest BCUT2D eigenvalue weighted by Gasteiger charge is 2.20. The average Bonchev–Trinajstić information content (AvgIpc) is 2.76. The van der Waals surface area contributed by atoms with E-state index in [-0.39, 0.29) is 5.91 Å². The summed E-state index contributed by atoms with van der Waals surface area (Å²) in [7, 11) is 0. The number of pyridine rings is 1. The Morgan fingerprint density at radius 2 is 1.61 bits per heavy atom. The smallest absolute Gasteiger partial charge is 0.274 e. The summed E-state index contributed by atoms with van der Waals surface area (Å²) in [5.41, 5.74) is 2.16. The molecule has 7 heteroatoms. The predicted molar refractivity (Wildman–Crippen MR) is 110 cm³/mol. The Labute approximate surface area is 164 Å². The highest BCUT2D eigenvalue weighted by Crippen LogP contribution is 2.19. The van der Waals surface area contributed by atoms with E-state index in [1.54, 1.807) is 6.07 Å². The SMILES string of the molecule is Cc1ccccc1NC(=O)c1cc(N2CCN(c3ccccn3)CC2)ncn1. The zero-order valence-corrected chi connectivity index (χ0v) is 15.7. The van der Waals surface area contributed by atoms with Gasteiger partial charge in [-0.3, -0.25) is 4.79 Å². The van der Waals surface area contributed by atoms with Gasteiger partial charge in [-0.05, 0) is 30.7 Å². The molecule has 0 bridgehead atoms. The lowest BCUT2D eigenvalue weighted by atomic mass is 10.2. The van der Waals surface area contributed by atoms with Crippen molar-refractivity contribution in [1.82, 2.24) is 15.0 Å². The van der Waals surface area contributed by atoms with Crippen molar-refractivity contribution in [3.05, 3.63) is 72.3 Å². The van der Waals surface area contributed by atoms with Crippen molar-refractivity contribution in [3.63, 3.8) is 0 Å². The number of nitrogens with zero attached hydrogens (tertiary/aromatic N) is 5. The summed E-state index contributed by atoms with van der Waals surface area (Å²) in [4.78, 5) is 30.0. The second kappa shape index (κ2) is 8.04. The van der Waals surface area contributed by atoms with Crippen molar-refractivity contribution in [2.45, 2.75) is 6.92 Å². The zero-order valence-electron chi connectivity index (χ0n) is 15.7. The third-order valence-electron chi connectivity index (χ3n) is 4.86. The van der Waals surface area contributed by atoms with Crippen LogP contribution in [-0.4, -0.2) is 47.0 Å². The van der Waals surface area contributed by atoms with Crippen molar-refractivity contribution in [2.75, 3.05) is 41.3 Å². The lowest BCUT2D eigenvalue weighted by Gasteiger charge is -2.36. The normalized spacial score (nSPS) is 14.0. The first kappa shape index (κ1) is 17.9. The van der Waals surface area contributed by atoms with E-state index in [2.05, 4.69) is 30.1 Å². The average molecular weight is 374 g/mol. The van der Waals surface area contributed by atoms with Gasteiger partial charge in [0.05, 0.1) is 0 Å². The van der Waals surface area contributed by atoms with Crippen molar-refractivity contribution < 1.29 is 4.79 Å². The molecular weight excluding hydrogens is 352 g/mol. The molecule has 2 aromatic heterocycles. The van der Waals surface area contributed by atoms with Crippen LogP contribution in [0.4, 0.5) is 17.3 Å². The van der Waals surface area contributed by atoms with E-state index >= 15 is 0 Å². The molecule has 0 aliphatic carbocycles. The highest BCUT2D eigenvalue weighted by atomic mass is 16.1. The van der Waals surface area contributed by atoms with Gasteiger partial charge in [-0.25, -0.2) is 15.0 Å². The van der Waals surface area contributed by atoms with E-state index in [1.165, 1.54) is 6.33 Å². The van der Waals surface area contributed by atoms with Gasteiger partial charge < -0.3 is 15.1 Å². The Kier molecular flexibility index (Phi) is 5.14. The Morgan fingerprint density at radius 3 is 2.32 bits per heavy atom. The van der Waals surface area contributed by atoms with Crippen LogP contribution in [0, 0.1) is 6.92 Å². The molecule has 1 amide bonds. The molecule has 0 radical (unpaired) electrons. The van der Waals surface area contributed by atoms with Crippen LogP contribution in [0.1, 0.15) is 16.1 Å². The van der Waals surface area contributed by atoms with E-state index in [4.69, 9.17) is 0 Å². The number of rotatable bonds is 4. The van der Waals surface area contributed by atoms with Crippen molar-refractivity contribution >= 4 is 23.2 Å². The maximum Gasteiger partial charge on any atom is 0.274 e. The molecule has 1 N–H and O–H groups in total. The van der Waals surface area contributed by atoms with Gasteiger partial charge in [0.2, 0.25) is 0 Å². The van der Waals surface area contributed by atoms with Crippen molar-refractivity contribution in [1.29, 1.82) is 0 Å². The summed E-state index contributed by atoms with van der Waals surface area (Å²) < 4.78 is 0. The maximum absolute atomic E-state index is 12.6. The fourth-order valence-corrected chi connectivity index (χ4v) is 3.25. The first-order valence-corrected chi connectivity index (χ1v) is 9.31. The number of anilines is 3. The van der Waals surface area contributed by atoms with E-state index in [0.29, 0.717) is 5.69 Å². The third kappa shape index (κ3) is 3.93. The topological polar surface area (TPSA) is 74.2 Å². The number of nitrogens with one attached hydrogen (secondary N) is 1. The maximum atomic E-state index is 12.6. The molecule has 0 atom stereocenters. The van der Waals surface area contributed by atoms with Gasteiger partial charge in [0.25, 0.3) is 5.91 Å². The van der Waals surface area contributed by atoms with Gasteiger partial charge in [0, 0.05) is 44.1 Å². The molecule has 4 rings (SSSR count). The quantitative estimate of drug-likeness (QED) is 0.757. The monoisotopic (exact) mass is 374 g/mol. The van der Waals surface area contributed by atoms with E-state index < -0.39 is 0 Å². The van der Waals surface area contributed by atoms with Gasteiger partial charge in [-0.2, -0.15) is 0 Å². The van der Waals surface area contributed by atoms with E-state index in [0.717, 1.165) is 49.1 Å². The number of hydrogen-bond acceptors (Lipinski definition) is 6. The molecule has 28 heavy (non-hydrogen) atoms. The molecule has 1 fully saturated rings. The number of aryl methyl sites for hydroxylation is 1. The largest absolute Gasteiger partial charge is 0.353 e. The summed E-state index contributed by atoms with van der Waals surface area (Å²) in [6.45, 7) is 5.29. The summed E-state index contributed by atoms with van der Waals surface area (Å²) >= 11 is 0. The van der Waals surface area contributed by atoms with Crippen LogP contribution in [0.25, 0.3) is 0 Å². The molecule has 1 saturated heterocycles. The summed E-state index contributed by atoms with van der Waals surface area (Å²) in [6.07, 6.45) is 3.26. The molecular formula is C21H22N6O. The van der Waals surface area contributed by atoms with E-state index in [9.17, 15) is 4.79 Å². The van der Waals surface area contributed by atoms with Gasteiger partial charge in [-0.15, -0.1) is 0 Å². The number of benzene rings is 1. The fourth-order valence-electron chi connectivity index (χ4n) is 3.25. The Bertz CT molecular complexity index is 954. The second-order valence-electron chi connectivity index (χ2n) is 6.69. The molecule has 1 aliphatic rings. The third-order valence-corrected chi connectivity index (χ3v) is 4.86. The minimum Gasteiger partial charge on any atom is -0.353 e. The Hall–Kier alpha value is -3.48. The van der Waals surface area contributed by atoms with Crippen molar-refractivity contribution in [2.24, 2.45) is 0 Å². The van der Waals surface area contributed by atoms with Crippen LogP contribution >= 0.6 is 0 Å². The first-order chi connectivity index (χ1) is 13.7. The van der Waals surface area contributed by atoms with Crippen LogP contribution in [0.15, 0.2) is 61.1 Å². The molecule has 3 heterocycles. The highest BCUT2D eigenvalue weighted by molar-refractivity contribution is 6.03. The van der Waals surface area contributed by atoms with Gasteiger partial charge in [-0.1, -0.05) is 24.3 Å². The number of carbonyl (C=O) groups is 1. The van der Waals surface area contributed by atoms with Gasteiger partial charge in [0.15, 0.2) is 0 Å². The number of piperazine rings is 1.